The van der Waals surface area contributed by atoms with Crippen LogP contribution in [0.1, 0.15) is 23.7 Å². The normalized spacial score (nSPS) is 13.6. The van der Waals surface area contributed by atoms with Crippen LogP contribution in [0, 0.1) is 0 Å². The van der Waals surface area contributed by atoms with Gasteiger partial charge in [-0.05, 0) is 18.4 Å². The summed E-state index contributed by atoms with van der Waals surface area (Å²) in [5, 5.41) is 18.3. The van der Waals surface area contributed by atoms with Crippen molar-refractivity contribution in [1.29, 1.82) is 0 Å². The van der Waals surface area contributed by atoms with Gasteiger partial charge in [-0.2, -0.15) is 0 Å². The highest BCUT2D eigenvalue weighted by atomic mass is 32.2. The fraction of sp³-hybridized carbons (Fsp3) is 0.400. The van der Waals surface area contributed by atoms with Crippen molar-refractivity contribution < 1.29 is 13.5 Å². The molecule has 0 spiro atoms. The minimum absolute atomic E-state index is 0.106. The Balaban J connectivity index is 2.25. The Morgan fingerprint density at radius 2 is 2.32 bits per heavy atom. The van der Waals surface area contributed by atoms with Gasteiger partial charge in [0, 0.05) is 11.9 Å². The number of aliphatic hydroxyl groups is 1. The first kappa shape index (κ1) is 14.1. The monoisotopic (exact) mass is 302 g/mol. The molecule has 0 fully saturated rings. The van der Waals surface area contributed by atoms with Gasteiger partial charge >= 0.3 is 0 Å². The van der Waals surface area contributed by atoms with Gasteiger partial charge in [0.05, 0.1) is 17.5 Å². The summed E-state index contributed by atoms with van der Waals surface area (Å²) in [6.07, 6.45) is 1.50. The summed E-state index contributed by atoms with van der Waals surface area (Å²) in [6, 6.07) is 0.964. The second-order valence-corrected chi connectivity index (χ2v) is 6.69. The van der Waals surface area contributed by atoms with Crippen molar-refractivity contribution in [3.8, 4) is 0 Å². The van der Waals surface area contributed by atoms with E-state index in [9.17, 15) is 8.42 Å². The molecule has 2 aromatic heterocycles. The third-order valence-corrected chi connectivity index (χ3v) is 5.26. The molecule has 7 nitrogen and oxygen atoms in total. The minimum Gasteiger partial charge on any atom is -0.391 e. The lowest BCUT2D eigenvalue weighted by Crippen LogP contribution is -2.28. The zero-order chi connectivity index (χ0) is 14.0. The molecule has 0 bridgehead atoms. The second-order valence-electron chi connectivity index (χ2n) is 4.01. The highest BCUT2D eigenvalue weighted by molar-refractivity contribution is 7.89. The van der Waals surface area contributed by atoms with E-state index < -0.39 is 16.1 Å². The molecule has 2 rings (SSSR count). The number of aryl methyl sites for hydroxylation is 1. The van der Waals surface area contributed by atoms with Gasteiger partial charge in [0.25, 0.3) is 0 Å². The van der Waals surface area contributed by atoms with Crippen molar-refractivity contribution in [3.63, 3.8) is 0 Å². The van der Waals surface area contributed by atoms with Gasteiger partial charge in [-0.15, -0.1) is 21.5 Å². The summed E-state index contributed by atoms with van der Waals surface area (Å²) >= 11 is 1.20. The van der Waals surface area contributed by atoms with E-state index in [1.165, 1.54) is 23.7 Å². The molecule has 0 aliphatic heterocycles. The molecule has 0 radical (unpaired) electrons. The molecule has 0 aromatic carbocycles. The van der Waals surface area contributed by atoms with Crippen molar-refractivity contribution in [2.75, 3.05) is 0 Å². The predicted octanol–water partition coefficient (Wildman–Crippen LogP) is 0.408. The number of nitrogens with zero attached hydrogens (tertiary/aromatic N) is 3. The lowest BCUT2D eigenvalue weighted by atomic mass is 10.3. The molecule has 19 heavy (non-hydrogen) atoms. The number of hydrogen-bond acceptors (Lipinski definition) is 6. The minimum atomic E-state index is -3.68. The molecule has 2 aromatic rings. The Bertz CT molecular complexity index is 662. The van der Waals surface area contributed by atoms with E-state index in [0.29, 0.717) is 10.7 Å². The topological polar surface area (TPSA) is 97.1 Å². The van der Waals surface area contributed by atoms with Crippen LogP contribution >= 0.6 is 11.3 Å². The van der Waals surface area contributed by atoms with Crippen LogP contribution < -0.4 is 4.72 Å². The Morgan fingerprint density at radius 1 is 1.58 bits per heavy atom. The Hall–Kier alpha value is -1.29. The van der Waals surface area contributed by atoms with Crippen LogP contribution in [-0.2, 0) is 23.7 Å². The molecule has 2 heterocycles. The molecule has 0 aliphatic carbocycles. The number of aromatic nitrogens is 3. The maximum absolute atomic E-state index is 12.2. The molecule has 1 atom stereocenters. The first-order valence-corrected chi connectivity index (χ1v) is 7.85. The molecule has 2 N–H and O–H groups in total. The molecule has 9 heteroatoms. The highest BCUT2D eigenvalue weighted by Gasteiger charge is 2.24. The molecule has 104 valence electrons. The molecular weight excluding hydrogens is 288 g/mol. The summed E-state index contributed by atoms with van der Waals surface area (Å²) < 4.78 is 28.6. The van der Waals surface area contributed by atoms with E-state index in [-0.39, 0.29) is 11.5 Å². The molecule has 0 saturated carbocycles. The van der Waals surface area contributed by atoms with Gasteiger partial charge in [0.15, 0.2) is 0 Å². The number of sulfonamides is 1. The zero-order valence-electron chi connectivity index (χ0n) is 10.4. The predicted molar refractivity (Wildman–Crippen MR) is 70.0 cm³/mol. The average Bonchev–Trinajstić information content (AvgIpc) is 2.96. The molecule has 0 aliphatic rings. The molecule has 0 saturated heterocycles. The number of rotatable bonds is 5. The summed E-state index contributed by atoms with van der Waals surface area (Å²) in [4.78, 5) is 0.520. The van der Waals surface area contributed by atoms with E-state index in [2.05, 4.69) is 14.9 Å². The Labute approximate surface area is 115 Å². The van der Waals surface area contributed by atoms with E-state index in [1.54, 1.807) is 23.9 Å². The zero-order valence-corrected chi connectivity index (χ0v) is 12.1. The fourth-order valence-corrected chi connectivity index (χ4v) is 4.21. The standard InChI is InChI=1S/C10H14N4O3S2/c1-7(10-12-11-6-14(10)2)13-19(16,17)9-3-4-18-8(9)5-15/h3-4,6-7,13,15H,5H2,1-2H3. The smallest absolute Gasteiger partial charge is 0.242 e. The van der Waals surface area contributed by atoms with Crippen molar-refractivity contribution in [2.45, 2.75) is 24.5 Å². The first-order chi connectivity index (χ1) is 8.95. The molecule has 1 unspecified atom stereocenters. The summed E-state index contributed by atoms with van der Waals surface area (Å²) in [5.41, 5.74) is 0. The van der Waals surface area contributed by atoms with E-state index >= 15 is 0 Å². The Morgan fingerprint density at radius 3 is 2.89 bits per heavy atom. The van der Waals surface area contributed by atoms with Gasteiger partial charge in [-0.3, -0.25) is 0 Å². The maximum atomic E-state index is 12.2. The van der Waals surface area contributed by atoms with Crippen molar-refractivity contribution in [2.24, 2.45) is 7.05 Å². The Kier molecular flexibility index (Phi) is 3.99. The third-order valence-electron chi connectivity index (χ3n) is 2.60. The molecular formula is C10H14N4O3S2. The maximum Gasteiger partial charge on any atom is 0.242 e. The number of thiophene rings is 1. The van der Waals surface area contributed by atoms with Crippen LogP contribution in [-0.4, -0.2) is 28.3 Å². The lowest BCUT2D eigenvalue weighted by molar-refractivity contribution is 0.282. The quantitative estimate of drug-likeness (QED) is 0.833. The fourth-order valence-electron chi connectivity index (χ4n) is 1.72. The summed E-state index contributed by atoms with van der Waals surface area (Å²) in [7, 11) is -1.94. The van der Waals surface area contributed by atoms with E-state index in [0.717, 1.165) is 0 Å². The van der Waals surface area contributed by atoms with Crippen molar-refractivity contribution >= 4 is 21.4 Å². The van der Waals surface area contributed by atoms with Gasteiger partial charge in [0.1, 0.15) is 12.2 Å². The van der Waals surface area contributed by atoms with Crippen molar-refractivity contribution in [1.82, 2.24) is 19.5 Å². The second kappa shape index (κ2) is 5.37. The van der Waals surface area contributed by atoms with Crippen LogP contribution in [0.5, 0.6) is 0 Å². The van der Waals surface area contributed by atoms with Crippen LogP contribution in [0.3, 0.4) is 0 Å². The van der Waals surface area contributed by atoms with Gasteiger partial charge in [-0.1, -0.05) is 0 Å². The van der Waals surface area contributed by atoms with Gasteiger partial charge < -0.3 is 9.67 Å². The average molecular weight is 302 g/mol. The van der Waals surface area contributed by atoms with Crippen LogP contribution in [0.2, 0.25) is 0 Å². The van der Waals surface area contributed by atoms with Gasteiger partial charge in [0.2, 0.25) is 10.0 Å². The lowest BCUT2D eigenvalue weighted by Gasteiger charge is -2.13. The summed E-state index contributed by atoms with van der Waals surface area (Å²) in [5.74, 6) is 0.518. The van der Waals surface area contributed by atoms with Crippen LogP contribution in [0.15, 0.2) is 22.7 Å². The molecule has 0 amide bonds. The largest absolute Gasteiger partial charge is 0.391 e. The number of aliphatic hydroxyl groups excluding tert-OH is 1. The van der Waals surface area contributed by atoms with Gasteiger partial charge in [-0.25, -0.2) is 13.1 Å². The SMILES string of the molecule is CC(NS(=O)(=O)c1ccsc1CO)c1nncn1C. The third kappa shape index (κ3) is 2.84. The van der Waals surface area contributed by atoms with Crippen molar-refractivity contribution in [3.05, 3.63) is 28.5 Å². The number of hydrogen-bond donors (Lipinski definition) is 2. The summed E-state index contributed by atoms with van der Waals surface area (Å²) in [6.45, 7) is 1.39. The first-order valence-electron chi connectivity index (χ1n) is 5.49. The highest BCUT2D eigenvalue weighted by Crippen LogP contribution is 2.23. The number of nitrogens with one attached hydrogen (secondary N) is 1. The van der Waals surface area contributed by atoms with Crippen LogP contribution in [0.4, 0.5) is 0 Å². The van der Waals surface area contributed by atoms with E-state index in [1.807, 2.05) is 0 Å². The van der Waals surface area contributed by atoms with E-state index in [4.69, 9.17) is 5.11 Å². The van der Waals surface area contributed by atoms with Crippen LogP contribution in [0.25, 0.3) is 0 Å².